The van der Waals surface area contributed by atoms with E-state index in [1.807, 2.05) is 45.9 Å². The van der Waals surface area contributed by atoms with Gasteiger partial charge in [0.05, 0.1) is 12.5 Å². The van der Waals surface area contributed by atoms with Gasteiger partial charge in [0.1, 0.15) is 11.6 Å². The van der Waals surface area contributed by atoms with Crippen LogP contribution in [0, 0.1) is 38.3 Å². The smallest absolute Gasteiger partial charge is 0.305 e. The zero-order chi connectivity index (χ0) is 30.6. The lowest BCUT2D eigenvalue weighted by Crippen LogP contribution is -2.49. The molecule has 0 saturated carbocycles. The highest BCUT2D eigenvalue weighted by Gasteiger charge is 2.30. The largest absolute Gasteiger partial charge is 0.481 e. The van der Waals surface area contributed by atoms with E-state index in [2.05, 4.69) is 10.6 Å². The summed E-state index contributed by atoms with van der Waals surface area (Å²) in [5, 5.41) is 14.7. The van der Waals surface area contributed by atoms with Crippen molar-refractivity contribution < 1.29 is 28.3 Å². The Hall–Kier alpha value is -4.34. The fraction of sp³-hybridized carbons (Fsp3) is 0.355. The minimum atomic E-state index is -1.45. The van der Waals surface area contributed by atoms with Crippen LogP contribution in [0.15, 0.2) is 47.4 Å². The molecule has 0 aliphatic heterocycles. The molecule has 1 heterocycles. The fourth-order valence-electron chi connectivity index (χ4n) is 4.89. The van der Waals surface area contributed by atoms with E-state index in [1.54, 1.807) is 13.0 Å². The first-order valence-electron chi connectivity index (χ1n) is 13.3. The van der Waals surface area contributed by atoms with Gasteiger partial charge in [-0.1, -0.05) is 32.0 Å². The third-order valence-corrected chi connectivity index (χ3v) is 6.93. The molecule has 0 unspecified atom stereocenters. The highest BCUT2D eigenvalue weighted by molar-refractivity contribution is 5.98. The van der Waals surface area contributed by atoms with Crippen LogP contribution in [-0.2, 0) is 16.6 Å². The first kappa shape index (κ1) is 31.2. The fourth-order valence-corrected chi connectivity index (χ4v) is 4.89. The van der Waals surface area contributed by atoms with Crippen LogP contribution in [0.4, 0.5) is 8.78 Å². The number of carbonyl (C=O) groups is 3. The van der Waals surface area contributed by atoms with Crippen LogP contribution in [0.1, 0.15) is 65.3 Å². The number of nitrogens with one attached hydrogen (secondary N) is 2. The van der Waals surface area contributed by atoms with Crippen molar-refractivity contribution in [2.75, 3.05) is 0 Å². The molecule has 8 nitrogen and oxygen atoms in total. The Morgan fingerprint density at radius 2 is 1.61 bits per heavy atom. The number of rotatable bonds is 10. The number of aliphatic carboxylic acids is 1. The third-order valence-electron chi connectivity index (χ3n) is 6.93. The molecule has 0 saturated heterocycles. The van der Waals surface area contributed by atoms with E-state index in [9.17, 15) is 28.7 Å². The highest BCUT2D eigenvalue weighted by Crippen LogP contribution is 2.33. The van der Waals surface area contributed by atoms with E-state index < -0.39 is 53.5 Å². The zero-order valence-corrected chi connectivity index (χ0v) is 24.0. The lowest BCUT2D eigenvalue weighted by Gasteiger charge is -2.25. The number of pyridine rings is 1. The second-order valence-electron chi connectivity index (χ2n) is 10.7. The molecule has 1 aromatic heterocycles. The van der Waals surface area contributed by atoms with Crippen molar-refractivity contribution >= 4 is 17.8 Å². The number of hydrogen-bond acceptors (Lipinski definition) is 4. The van der Waals surface area contributed by atoms with Gasteiger partial charge < -0.3 is 20.3 Å². The molecular formula is C31H35F2N3O5. The molecule has 0 aliphatic rings. The Morgan fingerprint density at radius 3 is 2.20 bits per heavy atom. The van der Waals surface area contributed by atoms with Crippen molar-refractivity contribution in [3.63, 3.8) is 0 Å². The molecule has 0 spiro atoms. The second-order valence-corrected chi connectivity index (χ2v) is 10.7. The first-order valence-corrected chi connectivity index (χ1v) is 13.3. The topological polar surface area (TPSA) is 118 Å². The normalized spacial score (nSPS) is 12.6. The molecule has 3 aromatic rings. The van der Waals surface area contributed by atoms with Crippen molar-refractivity contribution in [1.82, 2.24) is 15.2 Å². The Bertz CT molecular complexity index is 1530. The van der Waals surface area contributed by atoms with Gasteiger partial charge in [-0.3, -0.25) is 19.2 Å². The van der Waals surface area contributed by atoms with E-state index in [1.165, 1.54) is 23.9 Å². The maximum Gasteiger partial charge on any atom is 0.305 e. The number of halogens is 2. The van der Waals surface area contributed by atoms with E-state index in [0.29, 0.717) is 16.7 Å². The summed E-state index contributed by atoms with van der Waals surface area (Å²) in [5.74, 6) is -5.47. The number of carbonyl (C=O) groups excluding carboxylic acids is 2. The molecule has 0 aliphatic carbocycles. The van der Waals surface area contributed by atoms with Gasteiger partial charge in [0.25, 0.3) is 11.5 Å². The molecular weight excluding hydrogens is 532 g/mol. The Balaban J connectivity index is 2.02. The van der Waals surface area contributed by atoms with Crippen LogP contribution in [0.3, 0.4) is 0 Å². The quantitative estimate of drug-likeness (QED) is 0.327. The van der Waals surface area contributed by atoms with Crippen LogP contribution < -0.4 is 16.2 Å². The van der Waals surface area contributed by atoms with Crippen molar-refractivity contribution in [1.29, 1.82) is 0 Å². The van der Waals surface area contributed by atoms with Crippen LogP contribution >= 0.6 is 0 Å². The summed E-state index contributed by atoms with van der Waals surface area (Å²) < 4.78 is 31.3. The molecule has 0 bridgehead atoms. The van der Waals surface area contributed by atoms with Gasteiger partial charge in [-0.05, 0) is 79.1 Å². The number of amides is 2. The van der Waals surface area contributed by atoms with Gasteiger partial charge in [-0.2, -0.15) is 0 Å². The summed E-state index contributed by atoms with van der Waals surface area (Å²) in [5.41, 5.74) is 2.02. The van der Waals surface area contributed by atoms with Gasteiger partial charge >= 0.3 is 5.97 Å². The number of aryl methyl sites for hydroxylation is 4. The van der Waals surface area contributed by atoms with Crippen LogP contribution in [0.2, 0.25) is 0 Å². The number of carboxylic acid groups (broad SMARTS) is 1. The van der Waals surface area contributed by atoms with Gasteiger partial charge in [-0.25, -0.2) is 8.78 Å². The number of aromatic nitrogens is 1. The Labute approximate surface area is 237 Å². The summed E-state index contributed by atoms with van der Waals surface area (Å²) in [6, 6.07) is 6.82. The maximum atomic E-state index is 15.2. The van der Waals surface area contributed by atoms with Gasteiger partial charge in [0.2, 0.25) is 5.91 Å². The SMILES string of the molecule is Cc1cccc(C)c1-c1cc(F)c(F)c([C@H](CC(=O)O)NC(=O)[C@H](CC(C)C)NC(=O)c2c(C)ccn(C)c2=O)c1. The molecule has 2 atom stereocenters. The number of hydrogen-bond donors (Lipinski definition) is 3. The average Bonchev–Trinajstić information content (AvgIpc) is 2.87. The number of benzene rings is 2. The maximum absolute atomic E-state index is 15.2. The molecule has 3 rings (SSSR count). The second kappa shape index (κ2) is 12.9. The van der Waals surface area contributed by atoms with E-state index in [0.717, 1.165) is 17.2 Å². The summed E-state index contributed by atoms with van der Waals surface area (Å²) in [6.07, 6.45) is 0.922. The molecule has 2 amide bonds. The summed E-state index contributed by atoms with van der Waals surface area (Å²) in [4.78, 5) is 51.0. The van der Waals surface area contributed by atoms with Crippen molar-refractivity contribution in [3.05, 3.63) is 92.4 Å². The summed E-state index contributed by atoms with van der Waals surface area (Å²) in [7, 11) is 1.49. The van der Waals surface area contributed by atoms with Gasteiger partial charge in [0.15, 0.2) is 11.6 Å². The average molecular weight is 568 g/mol. The molecule has 3 N–H and O–H groups in total. The van der Waals surface area contributed by atoms with Crippen LogP contribution in [-0.4, -0.2) is 33.5 Å². The molecule has 2 aromatic carbocycles. The molecule has 41 heavy (non-hydrogen) atoms. The lowest BCUT2D eigenvalue weighted by molar-refractivity contribution is -0.137. The summed E-state index contributed by atoms with van der Waals surface area (Å²) >= 11 is 0. The first-order chi connectivity index (χ1) is 19.2. The van der Waals surface area contributed by atoms with Crippen molar-refractivity contribution in [3.8, 4) is 11.1 Å². The molecule has 0 fully saturated rings. The predicted octanol–water partition coefficient (Wildman–Crippen LogP) is 4.73. The van der Waals surface area contributed by atoms with Crippen LogP contribution in [0.5, 0.6) is 0 Å². The van der Waals surface area contributed by atoms with Gasteiger partial charge in [-0.15, -0.1) is 0 Å². The van der Waals surface area contributed by atoms with E-state index in [4.69, 9.17) is 0 Å². The predicted molar refractivity (Wildman–Crippen MR) is 152 cm³/mol. The number of nitrogens with zero attached hydrogens (tertiary/aromatic N) is 1. The molecule has 10 heteroatoms. The minimum absolute atomic E-state index is 0.0924. The zero-order valence-electron chi connectivity index (χ0n) is 24.0. The Morgan fingerprint density at radius 1 is 0.976 bits per heavy atom. The van der Waals surface area contributed by atoms with Crippen molar-refractivity contribution in [2.45, 2.75) is 59.5 Å². The van der Waals surface area contributed by atoms with Crippen molar-refractivity contribution in [2.24, 2.45) is 13.0 Å². The molecule has 218 valence electrons. The molecule has 0 radical (unpaired) electrons. The minimum Gasteiger partial charge on any atom is -0.481 e. The van der Waals surface area contributed by atoms with Gasteiger partial charge in [0, 0.05) is 18.8 Å². The number of carboxylic acids is 1. The van der Waals surface area contributed by atoms with E-state index >= 15 is 4.39 Å². The standard InChI is InChI=1S/C31H35F2N3O5/c1-16(2)12-24(35-30(40)27-19(5)10-11-36(6)31(27)41)29(39)34-23(15-25(37)38)21-13-20(14-22(32)28(21)33)26-17(3)8-7-9-18(26)4/h7-11,13-14,16,23-24H,12,15H2,1-6H3,(H,34,39)(H,35,40)(H,37,38)/t23-,24-/m0/s1. The van der Waals surface area contributed by atoms with E-state index in [-0.39, 0.29) is 23.5 Å². The Kier molecular flexibility index (Phi) is 9.80. The lowest BCUT2D eigenvalue weighted by atomic mass is 9.92. The monoisotopic (exact) mass is 567 g/mol. The van der Waals surface area contributed by atoms with Crippen LogP contribution in [0.25, 0.3) is 11.1 Å². The highest BCUT2D eigenvalue weighted by atomic mass is 19.2. The summed E-state index contributed by atoms with van der Waals surface area (Å²) in [6.45, 7) is 8.87. The third kappa shape index (κ3) is 7.25.